The normalized spacial score (nSPS) is 11.0. The zero-order valence-corrected chi connectivity index (χ0v) is 13.7. The predicted molar refractivity (Wildman–Crippen MR) is 81.1 cm³/mol. The van der Waals surface area contributed by atoms with Crippen LogP contribution in [-0.2, 0) is 9.53 Å². The Morgan fingerprint density at radius 3 is 2.35 bits per heavy atom. The first-order valence-electron chi connectivity index (χ1n) is 6.68. The van der Waals surface area contributed by atoms with Crippen LogP contribution in [0.1, 0.15) is 33.6 Å². The van der Waals surface area contributed by atoms with Crippen LogP contribution in [0.5, 0.6) is 11.5 Å². The van der Waals surface area contributed by atoms with Gasteiger partial charge in [-0.1, -0.05) is 0 Å². The lowest BCUT2D eigenvalue weighted by atomic mass is 9.88. The average Bonchev–Trinajstić information content (AvgIpc) is 2.44. The van der Waals surface area contributed by atoms with Crippen LogP contribution >= 0.6 is 16.3 Å². The molecule has 112 valence electrons. The molecule has 0 unspecified atom stereocenters. The molecule has 0 atom stereocenters. The highest BCUT2D eigenvalue weighted by molar-refractivity contribution is 9.06. The first kappa shape index (κ1) is 16.8. The average molecular weight is 345 g/mol. The third-order valence-electron chi connectivity index (χ3n) is 2.96. The summed E-state index contributed by atoms with van der Waals surface area (Å²) in [6, 6.07) is 7.30. The summed E-state index contributed by atoms with van der Waals surface area (Å²) in [5.41, 5.74) is -0.465. The molecule has 1 aromatic rings. The minimum absolute atomic E-state index is 0.154. The zero-order chi connectivity index (χ0) is 15.0. The van der Waals surface area contributed by atoms with Gasteiger partial charge in [0.15, 0.2) is 16.3 Å². The van der Waals surface area contributed by atoms with Gasteiger partial charge in [-0.25, -0.2) is 0 Å². The van der Waals surface area contributed by atoms with Crippen molar-refractivity contribution in [3.63, 3.8) is 0 Å². The van der Waals surface area contributed by atoms with Gasteiger partial charge in [-0.3, -0.25) is 4.79 Å². The summed E-state index contributed by atoms with van der Waals surface area (Å²) in [5, 5.41) is 0. The number of carbonyl (C=O) groups is 1. The molecule has 0 heterocycles. The highest BCUT2D eigenvalue weighted by atomic mass is 79.9. The fraction of sp³-hybridized carbons (Fsp3) is 0.533. The molecule has 4 nitrogen and oxygen atoms in total. The molecule has 0 aliphatic carbocycles. The second kappa shape index (κ2) is 8.15. The first-order valence-corrected chi connectivity index (χ1v) is 7.33. The van der Waals surface area contributed by atoms with E-state index in [1.54, 1.807) is 0 Å². The van der Waals surface area contributed by atoms with E-state index < -0.39 is 5.41 Å². The number of hydrogen-bond donors (Lipinski definition) is 0. The Morgan fingerprint density at radius 1 is 1.20 bits per heavy atom. The van der Waals surface area contributed by atoms with Crippen molar-refractivity contribution < 1.29 is 18.1 Å². The van der Waals surface area contributed by atoms with Crippen molar-refractivity contribution in [1.82, 2.24) is 0 Å². The van der Waals surface area contributed by atoms with Gasteiger partial charge in [0.25, 0.3) is 0 Å². The minimum atomic E-state index is -0.465. The predicted octanol–water partition coefficient (Wildman–Crippen LogP) is 4.12. The fourth-order valence-electron chi connectivity index (χ4n) is 1.72. The summed E-state index contributed by atoms with van der Waals surface area (Å²) in [4.78, 5) is 11.7. The van der Waals surface area contributed by atoms with Crippen molar-refractivity contribution in [3.8, 4) is 11.5 Å². The first-order chi connectivity index (χ1) is 9.49. The van der Waals surface area contributed by atoms with Crippen LogP contribution in [-0.4, -0.2) is 19.2 Å². The molecular weight excluding hydrogens is 324 g/mol. The lowest BCUT2D eigenvalue weighted by molar-refractivity contribution is -0.153. The third-order valence-corrected chi connectivity index (χ3v) is 3.33. The molecule has 0 saturated heterocycles. The van der Waals surface area contributed by atoms with Crippen LogP contribution in [0.2, 0.25) is 0 Å². The maximum Gasteiger partial charge on any atom is 0.311 e. The van der Waals surface area contributed by atoms with Gasteiger partial charge in [-0.15, -0.1) is 0 Å². The lowest BCUT2D eigenvalue weighted by Crippen LogP contribution is -2.27. The molecule has 1 aromatic carbocycles. The molecule has 0 fully saturated rings. The Hall–Kier alpha value is -1.23. The number of esters is 1. The monoisotopic (exact) mass is 344 g/mol. The van der Waals surface area contributed by atoms with Crippen molar-refractivity contribution in [3.05, 3.63) is 24.3 Å². The fourth-order valence-corrected chi connectivity index (χ4v) is 1.94. The molecule has 0 amide bonds. The number of halogens is 1. The number of rotatable bonds is 8. The van der Waals surface area contributed by atoms with Gasteiger partial charge in [0.2, 0.25) is 0 Å². The molecule has 0 spiro atoms. The number of benzene rings is 1. The number of carbonyl (C=O) groups excluding carboxylic acids is 1. The van der Waals surface area contributed by atoms with E-state index in [1.807, 2.05) is 45.0 Å². The van der Waals surface area contributed by atoms with Gasteiger partial charge in [0.1, 0.15) is 11.5 Å². The zero-order valence-electron chi connectivity index (χ0n) is 12.1. The Morgan fingerprint density at radius 2 is 1.80 bits per heavy atom. The highest BCUT2D eigenvalue weighted by Crippen LogP contribution is 2.25. The summed E-state index contributed by atoms with van der Waals surface area (Å²) < 4.78 is 15.6. The second-order valence-corrected chi connectivity index (χ2v) is 5.43. The Labute approximate surface area is 128 Å². The van der Waals surface area contributed by atoms with Gasteiger partial charge < -0.3 is 13.3 Å². The lowest BCUT2D eigenvalue weighted by Gasteiger charge is -2.22. The minimum Gasteiger partial charge on any atom is -0.494 e. The third kappa shape index (κ3) is 5.41. The van der Waals surface area contributed by atoms with Crippen LogP contribution in [0.4, 0.5) is 0 Å². The summed E-state index contributed by atoms with van der Waals surface area (Å²) in [7, 11) is 0. The molecule has 20 heavy (non-hydrogen) atoms. The summed E-state index contributed by atoms with van der Waals surface area (Å²) in [6.07, 6.45) is 1.52. The van der Waals surface area contributed by atoms with Crippen LogP contribution in [0.3, 0.4) is 0 Å². The van der Waals surface area contributed by atoms with Crippen molar-refractivity contribution >= 4 is 22.2 Å². The molecule has 0 aromatic heterocycles. The van der Waals surface area contributed by atoms with E-state index in [4.69, 9.17) is 13.3 Å². The maximum absolute atomic E-state index is 11.7. The largest absolute Gasteiger partial charge is 0.494 e. The van der Waals surface area contributed by atoms with Gasteiger partial charge in [0.05, 0.1) is 18.6 Å². The Kier molecular flexibility index (Phi) is 6.85. The van der Waals surface area contributed by atoms with Gasteiger partial charge in [-0.05, 0) is 57.9 Å². The van der Waals surface area contributed by atoms with Crippen LogP contribution in [0.25, 0.3) is 0 Å². The standard InChI is InChI=1S/C15H21BrO4/c1-4-18-14(17)15(2,3)10-5-11-19-12-6-8-13(20-16)9-7-12/h6-9H,4-5,10-11H2,1-3H3. The topological polar surface area (TPSA) is 44.8 Å². The summed E-state index contributed by atoms with van der Waals surface area (Å²) in [5.74, 6) is 1.35. The molecule has 0 N–H and O–H groups in total. The summed E-state index contributed by atoms with van der Waals surface area (Å²) in [6.45, 7) is 6.59. The van der Waals surface area contributed by atoms with Crippen molar-refractivity contribution in [2.75, 3.05) is 13.2 Å². The van der Waals surface area contributed by atoms with Gasteiger partial charge in [0, 0.05) is 0 Å². The van der Waals surface area contributed by atoms with E-state index in [1.165, 1.54) is 0 Å². The Bertz CT molecular complexity index is 414. The van der Waals surface area contributed by atoms with E-state index >= 15 is 0 Å². The van der Waals surface area contributed by atoms with Crippen molar-refractivity contribution in [2.45, 2.75) is 33.6 Å². The van der Waals surface area contributed by atoms with Crippen molar-refractivity contribution in [2.24, 2.45) is 5.41 Å². The highest BCUT2D eigenvalue weighted by Gasteiger charge is 2.28. The van der Waals surface area contributed by atoms with E-state index in [0.717, 1.165) is 24.3 Å². The molecule has 0 saturated carbocycles. The maximum atomic E-state index is 11.7. The van der Waals surface area contributed by atoms with Gasteiger partial charge in [-0.2, -0.15) is 0 Å². The SMILES string of the molecule is CCOC(=O)C(C)(C)CCCOc1ccc(OBr)cc1. The van der Waals surface area contributed by atoms with E-state index in [2.05, 4.69) is 16.3 Å². The molecule has 1 rings (SSSR count). The van der Waals surface area contributed by atoms with Crippen molar-refractivity contribution in [1.29, 1.82) is 0 Å². The van der Waals surface area contributed by atoms with E-state index in [0.29, 0.717) is 13.2 Å². The summed E-state index contributed by atoms with van der Waals surface area (Å²) >= 11 is 2.91. The van der Waals surface area contributed by atoms with E-state index in [9.17, 15) is 4.79 Å². The molecule has 0 aliphatic rings. The molecule has 0 aliphatic heterocycles. The quantitative estimate of drug-likeness (QED) is 0.525. The molecule has 0 bridgehead atoms. The smallest absolute Gasteiger partial charge is 0.311 e. The number of ether oxygens (including phenoxy) is 2. The molecule has 5 heteroatoms. The molecular formula is C15H21BrO4. The van der Waals surface area contributed by atoms with Crippen LogP contribution < -0.4 is 8.57 Å². The molecule has 0 radical (unpaired) electrons. The van der Waals surface area contributed by atoms with Gasteiger partial charge >= 0.3 is 5.97 Å². The van der Waals surface area contributed by atoms with Crippen LogP contribution in [0, 0.1) is 5.41 Å². The van der Waals surface area contributed by atoms with Crippen LogP contribution in [0.15, 0.2) is 24.3 Å². The van der Waals surface area contributed by atoms with E-state index in [-0.39, 0.29) is 5.97 Å². The number of hydrogen-bond acceptors (Lipinski definition) is 4. The Balaban J connectivity index is 2.31. The second-order valence-electron chi connectivity index (χ2n) is 5.10.